The standard InChI is InChI=1S/C29H34N8O3/c1-35(2)27(38)24-16-22-18-31-28(34-37(22)26(24)20-4-7-23(8-5-20)40-15-14-39-3)33-25-9-6-21(17-30-25)36-13-12-32-29(19-36)10-11-29/h4-9,16-18,32H,10-15,19H2,1-3H3,(H,30,33,34). The molecule has 4 aromatic rings. The van der Waals surface area contributed by atoms with Gasteiger partial charge in [-0.2, -0.15) is 0 Å². The molecule has 1 aliphatic carbocycles. The van der Waals surface area contributed by atoms with Gasteiger partial charge in [0.2, 0.25) is 5.95 Å². The number of anilines is 3. The van der Waals surface area contributed by atoms with Crippen LogP contribution in [0.4, 0.5) is 17.5 Å². The van der Waals surface area contributed by atoms with Crippen LogP contribution in [0.3, 0.4) is 0 Å². The van der Waals surface area contributed by atoms with E-state index in [1.807, 2.05) is 42.6 Å². The largest absolute Gasteiger partial charge is 0.491 e. The van der Waals surface area contributed by atoms with Gasteiger partial charge in [0, 0.05) is 51.9 Å². The molecular weight excluding hydrogens is 508 g/mol. The van der Waals surface area contributed by atoms with Crippen molar-refractivity contribution in [3.8, 4) is 17.0 Å². The third-order valence-corrected chi connectivity index (χ3v) is 7.42. The molecule has 1 saturated carbocycles. The summed E-state index contributed by atoms with van der Waals surface area (Å²) in [6.07, 6.45) is 6.09. The highest BCUT2D eigenvalue weighted by atomic mass is 16.5. The van der Waals surface area contributed by atoms with Crippen molar-refractivity contribution in [2.45, 2.75) is 18.4 Å². The number of carbonyl (C=O) groups is 1. The molecule has 11 heteroatoms. The topological polar surface area (TPSA) is 109 Å². The van der Waals surface area contributed by atoms with Gasteiger partial charge in [0.1, 0.15) is 18.2 Å². The van der Waals surface area contributed by atoms with Crippen LogP contribution in [0.25, 0.3) is 16.8 Å². The molecule has 1 aromatic carbocycles. The molecule has 2 aliphatic rings. The Morgan fingerprint density at radius 3 is 2.62 bits per heavy atom. The molecule has 1 aliphatic heterocycles. The maximum Gasteiger partial charge on any atom is 0.255 e. The molecule has 1 spiro atoms. The normalized spacial score (nSPS) is 15.8. The minimum atomic E-state index is -0.117. The van der Waals surface area contributed by atoms with Gasteiger partial charge in [0.05, 0.1) is 41.5 Å². The molecule has 208 valence electrons. The molecule has 0 unspecified atom stereocenters. The van der Waals surface area contributed by atoms with Crippen LogP contribution >= 0.6 is 0 Å². The summed E-state index contributed by atoms with van der Waals surface area (Å²) in [6, 6.07) is 13.5. The van der Waals surface area contributed by atoms with Gasteiger partial charge < -0.3 is 29.9 Å². The fourth-order valence-electron chi connectivity index (χ4n) is 5.08. The quantitative estimate of drug-likeness (QED) is 0.308. The number of ether oxygens (including phenoxy) is 2. The van der Waals surface area contributed by atoms with Crippen molar-refractivity contribution < 1.29 is 14.3 Å². The highest BCUT2D eigenvalue weighted by Gasteiger charge is 2.45. The fraction of sp³-hybridized carbons (Fsp3) is 0.379. The van der Waals surface area contributed by atoms with Gasteiger partial charge in [0.25, 0.3) is 5.91 Å². The Kier molecular flexibility index (Phi) is 6.99. The van der Waals surface area contributed by atoms with Crippen LogP contribution < -0.4 is 20.3 Å². The number of nitrogens with one attached hydrogen (secondary N) is 2. The lowest BCUT2D eigenvalue weighted by molar-refractivity contribution is 0.0828. The van der Waals surface area contributed by atoms with Crippen molar-refractivity contribution >= 4 is 28.9 Å². The molecule has 6 rings (SSSR count). The average molecular weight is 543 g/mol. The van der Waals surface area contributed by atoms with Crippen molar-refractivity contribution in [2.24, 2.45) is 0 Å². The fourth-order valence-corrected chi connectivity index (χ4v) is 5.08. The van der Waals surface area contributed by atoms with E-state index in [9.17, 15) is 4.79 Å². The highest BCUT2D eigenvalue weighted by Crippen LogP contribution is 2.38. The molecule has 0 atom stereocenters. The number of amides is 1. The SMILES string of the molecule is COCCOc1ccc(-c2c(C(=O)N(C)C)cc3cnc(Nc4ccc(N5CCNC6(CC6)C5)cn4)nn23)cc1. The molecule has 0 bridgehead atoms. The van der Waals surface area contributed by atoms with Gasteiger partial charge in [-0.1, -0.05) is 0 Å². The van der Waals surface area contributed by atoms with Crippen molar-refractivity contribution in [3.05, 3.63) is 60.4 Å². The van der Waals surface area contributed by atoms with Crippen LogP contribution in [0.5, 0.6) is 5.75 Å². The molecule has 1 amide bonds. The molecule has 11 nitrogen and oxygen atoms in total. The van der Waals surface area contributed by atoms with Gasteiger partial charge in [0.15, 0.2) is 0 Å². The summed E-state index contributed by atoms with van der Waals surface area (Å²) in [6.45, 7) is 3.95. The van der Waals surface area contributed by atoms with Gasteiger partial charge in [-0.05, 0) is 55.3 Å². The minimum absolute atomic E-state index is 0.117. The first-order valence-corrected chi connectivity index (χ1v) is 13.5. The average Bonchev–Trinajstić information content (AvgIpc) is 3.60. The number of fused-ring (bicyclic) bond motifs is 1. The number of methoxy groups -OCH3 is 1. The zero-order chi connectivity index (χ0) is 27.7. The van der Waals surface area contributed by atoms with Crippen LogP contribution in [0.15, 0.2) is 54.9 Å². The summed E-state index contributed by atoms with van der Waals surface area (Å²) < 4.78 is 12.5. The zero-order valence-electron chi connectivity index (χ0n) is 23.1. The summed E-state index contributed by atoms with van der Waals surface area (Å²) in [5, 5.41) is 11.6. The van der Waals surface area contributed by atoms with Crippen LogP contribution in [-0.2, 0) is 4.74 Å². The molecule has 0 radical (unpaired) electrons. The van der Waals surface area contributed by atoms with Crippen molar-refractivity contribution in [1.29, 1.82) is 0 Å². The second-order valence-electron chi connectivity index (χ2n) is 10.5. The van der Waals surface area contributed by atoms with Crippen LogP contribution in [0, 0.1) is 0 Å². The van der Waals surface area contributed by atoms with Crippen molar-refractivity contribution in [2.75, 3.05) is 64.3 Å². The van der Waals surface area contributed by atoms with Crippen LogP contribution in [0.2, 0.25) is 0 Å². The van der Waals surface area contributed by atoms with Crippen molar-refractivity contribution in [1.82, 2.24) is 29.8 Å². The molecule has 4 heterocycles. The third-order valence-electron chi connectivity index (χ3n) is 7.42. The van der Waals surface area contributed by atoms with E-state index in [1.165, 1.54) is 12.8 Å². The van der Waals surface area contributed by atoms with E-state index in [-0.39, 0.29) is 5.91 Å². The summed E-state index contributed by atoms with van der Waals surface area (Å²) in [5.41, 5.74) is 4.18. The van der Waals surface area contributed by atoms with Crippen molar-refractivity contribution in [3.63, 3.8) is 0 Å². The number of rotatable bonds is 9. The van der Waals surface area contributed by atoms with Gasteiger partial charge in [-0.15, -0.1) is 5.10 Å². The Hall–Kier alpha value is -4.22. The Morgan fingerprint density at radius 2 is 1.93 bits per heavy atom. The minimum Gasteiger partial charge on any atom is -0.491 e. The Labute approximate surface area is 233 Å². The van der Waals surface area contributed by atoms with Gasteiger partial charge in [-0.25, -0.2) is 14.5 Å². The van der Waals surface area contributed by atoms with E-state index in [0.717, 1.165) is 36.6 Å². The Bertz CT molecular complexity index is 1500. The van der Waals surface area contributed by atoms with E-state index in [0.29, 0.717) is 47.3 Å². The maximum atomic E-state index is 13.1. The monoisotopic (exact) mass is 542 g/mol. The summed E-state index contributed by atoms with van der Waals surface area (Å²) >= 11 is 0. The molecule has 40 heavy (non-hydrogen) atoms. The van der Waals surface area contributed by atoms with Gasteiger partial charge in [-0.3, -0.25) is 4.79 Å². The lowest BCUT2D eigenvalue weighted by atomic mass is 10.1. The number of hydrogen-bond donors (Lipinski definition) is 2. The predicted molar refractivity (Wildman–Crippen MR) is 154 cm³/mol. The van der Waals surface area contributed by atoms with Crippen LogP contribution in [0.1, 0.15) is 23.2 Å². The number of pyridine rings is 1. The van der Waals surface area contributed by atoms with Crippen LogP contribution in [-0.4, -0.2) is 90.0 Å². The lowest BCUT2D eigenvalue weighted by Crippen LogP contribution is -2.52. The third kappa shape index (κ3) is 5.30. The summed E-state index contributed by atoms with van der Waals surface area (Å²) in [4.78, 5) is 26.2. The van der Waals surface area contributed by atoms with E-state index in [4.69, 9.17) is 14.6 Å². The molecule has 3 aromatic heterocycles. The van der Waals surface area contributed by atoms with E-state index in [2.05, 4.69) is 31.6 Å². The van der Waals surface area contributed by atoms with Gasteiger partial charge >= 0.3 is 0 Å². The maximum absolute atomic E-state index is 13.1. The van der Waals surface area contributed by atoms with E-state index >= 15 is 0 Å². The molecule has 2 fully saturated rings. The Morgan fingerprint density at radius 1 is 1.10 bits per heavy atom. The number of nitrogens with zero attached hydrogens (tertiary/aromatic N) is 6. The smallest absolute Gasteiger partial charge is 0.255 e. The second kappa shape index (κ2) is 10.7. The lowest BCUT2D eigenvalue weighted by Gasteiger charge is -2.35. The first-order chi connectivity index (χ1) is 19.4. The highest BCUT2D eigenvalue weighted by molar-refractivity contribution is 6.02. The van der Waals surface area contributed by atoms with E-state index in [1.54, 1.807) is 36.8 Å². The molecule has 2 N–H and O–H groups in total. The number of carbonyl (C=O) groups excluding carboxylic acids is 1. The number of hydrogen-bond acceptors (Lipinski definition) is 9. The Balaban J connectivity index is 1.27. The molecule has 1 saturated heterocycles. The zero-order valence-corrected chi connectivity index (χ0v) is 23.1. The van der Waals surface area contributed by atoms with E-state index < -0.39 is 0 Å². The summed E-state index contributed by atoms with van der Waals surface area (Å²) in [7, 11) is 5.11. The number of piperazine rings is 1. The molecular formula is C29H34N8O3. The number of benzene rings is 1. The summed E-state index contributed by atoms with van der Waals surface area (Å²) in [5.74, 6) is 1.64. The first-order valence-electron chi connectivity index (χ1n) is 13.5. The first kappa shape index (κ1) is 26.0. The predicted octanol–water partition coefficient (Wildman–Crippen LogP) is 3.20. The second-order valence-corrected chi connectivity index (χ2v) is 10.5. The number of aromatic nitrogens is 4.